The minimum Gasteiger partial charge on any atom is -0.348 e. The van der Waals surface area contributed by atoms with Crippen molar-refractivity contribution in [3.8, 4) is 0 Å². The summed E-state index contributed by atoms with van der Waals surface area (Å²) in [6.07, 6.45) is 6.15. The zero-order valence-electron chi connectivity index (χ0n) is 10.3. The van der Waals surface area contributed by atoms with Crippen LogP contribution in [-0.4, -0.2) is 33.6 Å². The van der Waals surface area contributed by atoms with Crippen LogP contribution in [0.5, 0.6) is 0 Å². The SMILES string of the molecule is Brc1nn2cc(C3CCC4(CC3)OCCO4)nc2s1. The van der Waals surface area contributed by atoms with Crippen LogP contribution in [0.3, 0.4) is 0 Å². The van der Waals surface area contributed by atoms with Gasteiger partial charge in [0, 0.05) is 18.8 Å². The highest BCUT2D eigenvalue weighted by Crippen LogP contribution is 2.42. The summed E-state index contributed by atoms with van der Waals surface area (Å²) in [5.41, 5.74) is 1.15. The Kier molecular flexibility index (Phi) is 2.91. The van der Waals surface area contributed by atoms with Crippen LogP contribution in [0.2, 0.25) is 0 Å². The molecule has 0 radical (unpaired) electrons. The van der Waals surface area contributed by atoms with E-state index in [-0.39, 0.29) is 5.79 Å². The zero-order valence-corrected chi connectivity index (χ0v) is 12.7. The second kappa shape index (κ2) is 4.51. The molecule has 1 saturated carbocycles. The normalized spacial score (nSPS) is 23.6. The molecule has 2 aliphatic rings. The van der Waals surface area contributed by atoms with Gasteiger partial charge in [0.15, 0.2) is 9.70 Å². The Morgan fingerprint density at radius 1 is 1.32 bits per heavy atom. The van der Waals surface area contributed by atoms with Crippen LogP contribution in [0.4, 0.5) is 0 Å². The molecule has 1 spiro atoms. The first-order chi connectivity index (χ1) is 9.24. The number of ether oxygens (including phenoxy) is 2. The molecule has 3 heterocycles. The summed E-state index contributed by atoms with van der Waals surface area (Å²) in [4.78, 5) is 5.63. The average molecular weight is 344 g/mol. The summed E-state index contributed by atoms with van der Waals surface area (Å²) in [5.74, 6) is 0.223. The maximum absolute atomic E-state index is 5.76. The third kappa shape index (κ3) is 2.12. The van der Waals surface area contributed by atoms with Gasteiger partial charge in [-0.15, -0.1) is 5.10 Å². The Hall–Kier alpha value is -0.500. The monoisotopic (exact) mass is 343 g/mol. The smallest absolute Gasteiger partial charge is 0.213 e. The summed E-state index contributed by atoms with van der Waals surface area (Å²) in [5, 5.41) is 4.34. The summed E-state index contributed by atoms with van der Waals surface area (Å²) in [6, 6.07) is 0. The number of aromatic nitrogens is 3. The number of imidazole rings is 1. The largest absolute Gasteiger partial charge is 0.348 e. The van der Waals surface area contributed by atoms with Crippen molar-refractivity contribution in [1.29, 1.82) is 0 Å². The van der Waals surface area contributed by atoms with E-state index in [0.717, 1.165) is 53.5 Å². The molecular formula is C12H14BrN3O2S. The molecular weight excluding hydrogens is 330 g/mol. The van der Waals surface area contributed by atoms with Crippen molar-refractivity contribution in [1.82, 2.24) is 14.6 Å². The molecule has 0 aromatic carbocycles. The van der Waals surface area contributed by atoms with Gasteiger partial charge in [0.25, 0.3) is 0 Å². The van der Waals surface area contributed by atoms with Crippen molar-refractivity contribution >= 4 is 32.2 Å². The number of nitrogens with zero attached hydrogens (tertiary/aromatic N) is 3. The van der Waals surface area contributed by atoms with E-state index in [1.807, 2.05) is 4.52 Å². The molecule has 2 aromatic rings. The van der Waals surface area contributed by atoms with Gasteiger partial charge < -0.3 is 9.47 Å². The average Bonchev–Trinajstić information content (AvgIpc) is 3.06. The summed E-state index contributed by atoms with van der Waals surface area (Å²) >= 11 is 4.94. The summed E-state index contributed by atoms with van der Waals surface area (Å²) in [6.45, 7) is 1.48. The van der Waals surface area contributed by atoms with Crippen LogP contribution < -0.4 is 0 Å². The maximum Gasteiger partial charge on any atom is 0.213 e. The molecule has 19 heavy (non-hydrogen) atoms. The molecule has 2 aromatic heterocycles. The van der Waals surface area contributed by atoms with E-state index in [1.54, 1.807) is 11.3 Å². The van der Waals surface area contributed by atoms with E-state index < -0.39 is 0 Å². The Morgan fingerprint density at radius 3 is 2.74 bits per heavy atom. The lowest BCUT2D eigenvalue weighted by atomic mass is 9.83. The number of hydrogen-bond donors (Lipinski definition) is 0. The molecule has 102 valence electrons. The minimum atomic E-state index is -0.283. The van der Waals surface area contributed by atoms with Gasteiger partial charge in [0.2, 0.25) is 4.96 Å². The molecule has 7 heteroatoms. The first-order valence-electron chi connectivity index (χ1n) is 6.54. The minimum absolute atomic E-state index is 0.283. The van der Waals surface area contributed by atoms with Crippen molar-refractivity contribution < 1.29 is 9.47 Å². The van der Waals surface area contributed by atoms with Gasteiger partial charge in [0.05, 0.1) is 25.1 Å². The quantitative estimate of drug-likeness (QED) is 0.798. The van der Waals surface area contributed by atoms with E-state index in [2.05, 4.69) is 32.2 Å². The highest BCUT2D eigenvalue weighted by atomic mass is 79.9. The van der Waals surface area contributed by atoms with E-state index in [0.29, 0.717) is 5.92 Å². The number of hydrogen-bond acceptors (Lipinski definition) is 5. The lowest BCUT2D eigenvalue weighted by molar-refractivity contribution is -0.178. The van der Waals surface area contributed by atoms with Crippen molar-refractivity contribution in [2.75, 3.05) is 13.2 Å². The number of fused-ring (bicyclic) bond motifs is 1. The van der Waals surface area contributed by atoms with Crippen LogP contribution in [0.15, 0.2) is 10.1 Å². The summed E-state index contributed by atoms with van der Waals surface area (Å²) in [7, 11) is 0. The lowest BCUT2D eigenvalue weighted by Crippen LogP contribution is -2.34. The molecule has 1 aliphatic carbocycles. The van der Waals surface area contributed by atoms with Crippen LogP contribution in [0, 0.1) is 0 Å². The fourth-order valence-corrected chi connectivity index (χ4v) is 4.25. The van der Waals surface area contributed by atoms with Crippen LogP contribution >= 0.6 is 27.3 Å². The third-order valence-electron chi connectivity index (χ3n) is 4.02. The Morgan fingerprint density at radius 2 is 2.05 bits per heavy atom. The molecule has 2 fully saturated rings. The van der Waals surface area contributed by atoms with E-state index in [4.69, 9.17) is 9.47 Å². The highest BCUT2D eigenvalue weighted by molar-refractivity contribution is 9.11. The van der Waals surface area contributed by atoms with Crippen LogP contribution in [-0.2, 0) is 9.47 Å². The van der Waals surface area contributed by atoms with Crippen molar-refractivity contribution in [2.45, 2.75) is 37.4 Å². The number of rotatable bonds is 1. The molecule has 5 nitrogen and oxygen atoms in total. The van der Waals surface area contributed by atoms with Gasteiger partial charge in [-0.3, -0.25) is 0 Å². The van der Waals surface area contributed by atoms with Gasteiger partial charge in [-0.25, -0.2) is 9.50 Å². The highest BCUT2D eigenvalue weighted by Gasteiger charge is 2.41. The Balaban J connectivity index is 1.52. The summed E-state index contributed by atoms with van der Waals surface area (Å²) < 4.78 is 14.3. The van der Waals surface area contributed by atoms with E-state index in [1.165, 1.54) is 0 Å². The molecule has 1 aliphatic heterocycles. The third-order valence-corrected chi connectivity index (χ3v) is 5.37. The van der Waals surface area contributed by atoms with Gasteiger partial charge in [-0.2, -0.15) is 0 Å². The van der Waals surface area contributed by atoms with Crippen molar-refractivity contribution in [2.24, 2.45) is 0 Å². The molecule has 0 bridgehead atoms. The fourth-order valence-electron chi connectivity index (χ4n) is 3.03. The molecule has 0 amide bonds. The zero-order chi connectivity index (χ0) is 12.9. The second-order valence-corrected chi connectivity index (χ2v) is 7.36. The standard InChI is InChI=1S/C12H14BrN3O2S/c13-10-15-16-7-9(14-11(16)19-10)8-1-3-12(4-2-8)17-5-6-18-12/h7-8H,1-6H2. The van der Waals surface area contributed by atoms with Gasteiger partial charge in [-0.1, -0.05) is 11.3 Å². The van der Waals surface area contributed by atoms with Crippen LogP contribution in [0.1, 0.15) is 37.3 Å². The Labute approximate surface area is 123 Å². The lowest BCUT2D eigenvalue weighted by Gasteiger charge is -2.34. The predicted molar refractivity (Wildman–Crippen MR) is 74.4 cm³/mol. The first kappa shape index (κ1) is 12.3. The van der Waals surface area contributed by atoms with Crippen molar-refractivity contribution in [3.05, 3.63) is 15.8 Å². The molecule has 1 saturated heterocycles. The van der Waals surface area contributed by atoms with Gasteiger partial charge >= 0.3 is 0 Å². The van der Waals surface area contributed by atoms with Gasteiger partial charge in [0.1, 0.15) is 0 Å². The molecule has 0 atom stereocenters. The molecule has 4 rings (SSSR count). The maximum atomic E-state index is 5.76. The second-order valence-electron chi connectivity index (χ2n) is 5.13. The Bertz CT molecular complexity index is 564. The first-order valence-corrected chi connectivity index (χ1v) is 8.15. The van der Waals surface area contributed by atoms with Crippen molar-refractivity contribution in [3.63, 3.8) is 0 Å². The van der Waals surface area contributed by atoms with E-state index in [9.17, 15) is 0 Å². The van der Waals surface area contributed by atoms with E-state index >= 15 is 0 Å². The predicted octanol–water partition coefficient (Wildman–Crippen LogP) is 2.95. The fraction of sp³-hybridized carbons (Fsp3) is 0.667. The number of halogens is 1. The molecule has 0 N–H and O–H groups in total. The van der Waals surface area contributed by atoms with Crippen LogP contribution in [0.25, 0.3) is 4.96 Å². The molecule has 0 unspecified atom stereocenters. The topological polar surface area (TPSA) is 48.7 Å². The van der Waals surface area contributed by atoms with Gasteiger partial charge in [-0.05, 0) is 28.8 Å².